The third-order valence-electron chi connectivity index (χ3n) is 12.7. The van der Waals surface area contributed by atoms with Crippen LogP contribution in [0.4, 0.5) is 11.5 Å². The maximum absolute atomic E-state index is 4.46. The van der Waals surface area contributed by atoms with E-state index >= 15 is 0 Å². The number of hydrogen-bond donors (Lipinski definition) is 0. The summed E-state index contributed by atoms with van der Waals surface area (Å²) < 4.78 is 0. The summed E-state index contributed by atoms with van der Waals surface area (Å²) in [6.45, 7) is 15.3. The van der Waals surface area contributed by atoms with E-state index in [4.69, 9.17) is 0 Å². The molecule has 2 saturated carbocycles. The molecule has 1 aromatic heterocycles. The topological polar surface area (TPSA) is 19.4 Å². The maximum Gasteiger partial charge on any atom is 0.131 e. The molecule has 0 amide bonds. The Morgan fingerprint density at radius 2 is 1.15 bits per heavy atom. The molecule has 2 fully saturated rings. The highest BCUT2D eigenvalue weighted by Gasteiger charge is 2.24. The lowest BCUT2D eigenvalue weighted by Gasteiger charge is -2.32. The van der Waals surface area contributed by atoms with Gasteiger partial charge >= 0.3 is 0 Å². The van der Waals surface area contributed by atoms with Crippen LogP contribution in [0.3, 0.4) is 0 Å². The highest BCUT2D eigenvalue weighted by atomic mass is 15.2. The van der Waals surface area contributed by atoms with E-state index < -0.39 is 0 Å². The Hall–Kier alpha value is -3.59. The molecule has 292 valence electrons. The second-order valence-electron chi connectivity index (χ2n) is 17.2. The smallest absolute Gasteiger partial charge is 0.131 e. The first-order valence-electron chi connectivity index (χ1n) is 21.7. The molecule has 3 aromatic carbocycles. The first-order chi connectivity index (χ1) is 26.1. The van der Waals surface area contributed by atoms with Gasteiger partial charge in [0.05, 0.1) is 0 Å². The van der Waals surface area contributed by atoms with Gasteiger partial charge in [0.1, 0.15) is 5.82 Å². The fourth-order valence-corrected chi connectivity index (χ4v) is 9.21. The zero-order chi connectivity index (χ0) is 38.5. The summed E-state index contributed by atoms with van der Waals surface area (Å²) in [4.78, 5) is 8.99. The number of nitrogens with zero attached hydrogens (tertiary/aromatic N) is 3. The molecule has 0 N–H and O–H groups in total. The molecule has 0 bridgehead atoms. The Bertz CT molecular complexity index is 1570. The fraction of sp³-hybridized carbons (Fsp3) is 0.549. The van der Waals surface area contributed by atoms with E-state index in [2.05, 4.69) is 136 Å². The second kappa shape index (κ2) is 20.9. The van der Waals surface area contributed by atoms with Crippen LogP contribution >= 0.6 is 0 Å². The molecular formula is C51H73N3. The van der Waals surface area contributed by atoms with Crippen LogP contribution < -0.4 is 9.80 Å². The average molecular weight is 728 g/mol. The highest BCUT2D eigenvalue weighted by Crippen LogP contribution is 2.38. The summed E-state index contributed by atoms with van der Waals surface area (Å²) in [5.41, 5.74) is 14.1. The number of likely N-dealkylation sites (N-methyl/N-ethyl adjacent to an activating group) is 2. The molecule has 5 aliphatic rings. The molecule has 0 saturated heterocycles. The SMILES string of the molecule is C1CCC(C2CCCCC2)CC1.CCc1cccc(C)c1.Cc1ccc2c(c1)C(C)CC2.Cc1ccc2c(c1)N(C)CC2.Cc1ccc2c(n1)N(C)CC2. The van der Waals surface area contributed by atoms with Crippen molar-refractivity contribution < 1.29 is 0 Å². The van der Waals surface area contributed by atoms with Crippen molar-refractivity contribution in [2.24, 2.45) is 11.8 Å². The maximum atomic E-state index is 4.46. The van der Waals surface area contributed by atoms with E-state index in [1.54, 1.807) is 36.8 Å². The lowest BCUT2D eigenvalue weighted by molar-refractivity contribution is 0.196. The Morgan fingerprint density at radius 1 is 0.574 bits per heavy atom. The van der Waals surface area contributed by atoms with Gasteiger partial charge in [0.15, 0.2) is 0 Å². The van der Waals surface area contributed by atoms with Crippen molar-refractivity contribution in [3.05, 3.63) is 123 Å². The van der Waals surface area contributed by atoms with E-state index in [0.717, 1.165) is 42.8 Å². The molecule has 3 nitrogen and oxygen atoms in total. The second-order valence-corrected chi connectivity index (χ2v) is 17.2. The quantitative estimate of drug-likeness (QED) is 0.205. The van der Waals surface area contributed by atoms with Gasteiger partial charge in [0, 0.05) is 38.6 Å². The molecule has 3 heteroatoms. The number of benzene rings is 3. The van der Waals surface area contributed by atoms with Gasteiger partial charge in [-0.05, 0) is 123 Å². The highest BCUT2D eigenvalue weighted by molar-refractivity contribution is 5.58. The Balaban J connectivity index is 0.000000130. The van der Waals surface area contributed by atoms with Crippen LogP contribution in [0.15, 0.2) is 72.8 Å². The first-order valence-corrected chi connectivity index (χ1v) is 21.7. The van der Waals surface area contributed by atoms with Gasteiger partial charge < -0.3 is 9.80 Å². The van der Waals surface area contributed by atoms with Gasteiger partial charge in [0.2, 0.25) is 0 Å². The molecule has 0 radical (unpaired) electrons. The Morgan fingerprint density at radius 3 is 1.78 bits per heavy atom. The normalized spacial score (nSPS) is 18.7. The summed E-state index contributed by atoms with van der Waals surface area (Å²) in [5, 5.41) is 0. The molecule has 3 aliphatic carbocycles. The third-order valence-corrected chi connectivity index (χ3v) is 12.7. The minimum atomic E-state index is 0.796. The number of hydrogen-bond acceptors (Lipinski definition) is 3. The van der Waals surface area contributed by atoms with Crippen LogP contribution in [0.5, 0.6) is 0 Å². The molecule has 0 spiro atoms. The lowest BCUT2D eigenvalue weighted by Crippen LogP contribution is -2.20. The Labute approximate surface area is 331 Å². The van der Waals surface area contributed by atoms with Crippen LogP contribution in [0.1, 0.15) is 141 Å². The lowest BCUT2D eigenvalue weighted by atomic mass is 9.73. The van der Waals surface area contributed by atoms with Gasteiger partial charge in [-0.3, -0.25) is 0 Å². The molecule has 1 atom stereocenters. The minimum Gasteiger partial charge on any atom is -0.374 e. The van der Waals surface area contributed by atoms with Crippen molar-refractivity contribution in [1.82, 2.24) is 4.98 Å². The summed E-state index contributed by atoms with van der Waals surface area (Å²) in [6.07, 6.45) is 21.5. The monoisotopic (exact) mass is 728 g/mol. The van der Waals surface area contributed by atoms with Crippen LogP contribution in [0.2, 0.25) is 0 Å². The summed E-state index contributed by atoms with van der Waals surface area (Å²) >= 11 is 0. The summed E-state index contributed by atoms with van der Waals surface area (Å²) in [5.74, 6) is 4.24. The van der Waals surface area contributed by atoms with Crippen molar-refractivity contribution >= 4 is 11.5 Å². The van der Waals surface area contributed by atoms with Gasteiger partial charge in [0.25, 0.3) is 0 Å². The minimum absolute atomic E-state index is 0.796. The van der Waals surface area contributed by atoms with E-state index in [9.17, 15) is 0 Å². The van der Waals surface area contributed by atoms with Crippen molar-refractivity contribution in [1.29, 1.82) is 0 Å². The Kier molecular flexibility index (Phi) is 16.1. The number of pyridine rings is 1. The largest absolute Gasteiger partial charge is 0.374 e. The number of aryl methyl sites for hydroxylation is 6. The van der Waals surface area contributed by atoms with Crippen molar-refractivity contribution in [3.8, 4) is 0 Å². The average Bonchev–Trinajstić information content (AvgIpc) is 3.88. The molecule has 9 rings (SSSR count). The molecular weight excluding hydrogens is 655 g/mol. The van der Waals surface area contributed by atoms with E-state index in [1.807, 2.05) is 6.92 Å². The van der Waals surface area contributed by atoms with E-state index in [1.165, 1.54) is 109 Å². The number of rotatable bonds is 2. The molecule has 1 unspecified atom stereocenters. The van der Waals surface area contributed by atoms with E-state index in [-0.39, 0.29) is 0 Å². The number of anilines is 2. The zero-order valence-corrected chi connectivity index (χ0v) is 35.5. The zero-order valence-electron chi connectivity index (χ0n) is 35.5. The third kappa shape index (κ3) is 12.2. The molecule has 54 heavy (non-hydrogen) atoms. The van der Waals surface area contributed by atoms with Gasteiger partial charge in [-0.25, -0.2) is 4.98 Å². The van der Waals surface area contributed by atoms with E-state index in [0.29, 0.717) is 0 Å². The summed E-state index contributed by atoms with van der Waals surface area (Å²) in [7, 11) is 4.25. The summed E-state index contributed by atoms with van der Waals surface area (Å²) in [6, 6.07) is 26.4. The van der Waals surface area contributed by atoms with Gasteiger partial charge in [-0.1, -0.05) is 150 Å². The molecule has 3 heterocycles. The predicted octanol–water partition coefficient (Wildman–Crippen LogP) is 13.1. The van der Waals surface area contributed by atoms with Crippen molar-refractivity contribution in [3.63, 3.8) is 0 Å². The predicted molar refractivity (Wildman–Crippen MR) is 236 cm³/mol. The molecule has 4 aromatic rings. The number of fused-ring (bicyclic) bond motifs is 3. The number of aromatic nitrogens is 1. The standard InChI is InChI=1S/C12H22.C11H14.C10H13N.C9H12N2.C9H12/c1-3-7-11(8-4-1)12-9-5-2-6-10-12;1-8-3-5-10-6-4-9(2)11(10)7-8;1-8-3-4-9-5-6-11(2)10(9)7-8;1-7-3-4-8-5-6-11(2)9(8)10-7;1-3-9-6-4-5-8(2)7-9/h11-12H,1-10H2;3,5,7,9H,4,6H2,1-2H3;3-4,7H,5-6H2,1-2H3;3-4H,5-6H2,1-2H3;4-7H,3H2,1-2H3. The van der Waals surface area contributed by atoms with Crippen molar-refractivity contribution in [2.45, 2.75) is 144 Å². The molecule has 2 aliphatic heterocycles. The van der Waals surface area contributed by atoms with Crippen LogP contribution in [0, 0.1) is 39.5 Å². The van der Waals surface area contributed by atoms with Gasteiger partial charge in [-0.15, -0.1) is 0 Å². The van der Waals surface area contributed by atoms with Crippen molar-refractivity contribution in [2.75, 3.05) is 37.0 Å². The van der Waals surface area contributed by atoms with Crippen LogP contribution in [-0.2, 0) is 25.7 Å². The van der Waals surface area contributed by atoms with Gasteiger partial charge in [-0.2, -0.15) is 0 Å². The van der Waals surface area contributed by atoms with Crippen LogP contribution in [-0.4, -0.2) is 32.2 Å². The first kappa shape index (κ1) is 41.6. The van der Waals surface area contributed by atoms with Crippen LogP contribution in [0.25, 0.3) is 0 Å². The fourth-order valence-electron chi connectivity index (χ4n) is 9.21.